The molecule has 1 heterocycles. The Morgan fingerprint density at radius 1 is 1.60 bits per heavy atom. The number of aromatic carboxylic acids is 1. The van der Waals surface area contributed by atoms with Crippen molar-refractivity contribution in [3.05, 3.63) is 23.9 Å². The molecule has 4 nitrogen and oxygen atoms in total. The Morgan fingerprint density at radius 2 is 2.40 bits per heavy atom. The molecule has 4 heteroatoms. The zero-order chi connectivity index (χ0) is 11.1. The lowest BCUT2D eigenvalue weighted by atomic mass is 10.3. The minimum atomic E-state index is -1.02. The van der Waals surface area contributed by atoms with Gasteiger partial charge in [-0.05, 0) is 19.1 Å². The summed E-state index contributed by atoms with van der Waals surface area (Å²) in [5.74, 6) is 5.22. The van der Waals surface area contributed by atoms with Crippen molar-refractivity contribution < 1.29 is 9.90 Å². The lowest BCUT2D eigenvalue weighted by Gasteiger charge is -2.03. The molecule has 0 atom stereocenters. The van der Waals surface area contributed by atoms with Gasteiger partial charge in [0.1, 0.15) is 5.82 Å². The van der Waals surface area contributed by atoms with Gasteiger partial charge in [-0.2, -0.15) is 0 Å². The summed E-state index contributed by atoms with van der Waals surface area (Å²) in [5.41, 5.74) is 0.0431. The third-order valence-electron chi connectivity index (χ3n) is 1.70. The van der Waals surface area contributed by atoms with E-state index in [0.29, 0.717) is 12.4 Å². The summed E-state index contributed by atoms with van der Waals surface area (Å²) in [4.78, 5) is 14.5. The van der Waals surface area contributed by atoms with Crippen LogP contribution >= 0.6 is 0 Å². The van der Waals surface area contributed by atoms with E-state index in [1.54, 1.807) is 19.1 Å². The average molecular weight is 204 g/mol. The zero-order valence-electron chi connectivity index (χ0n) is 8.45. The van der Waals surface area contributed by atoms with E-state index < -0.39 is 5.97 Å². The van der Waals surface area contributed by atoms with E-state index in [9.17, 15) is 4.79 Å². The maximum absolute atomic E-state index is 10.6. The number of pyridine rings is 1. The molecule has 0 bridgehead atoms. The van der Waals surface area contributed by atoms with Crippen LogP contribution < -0.4 is 5.32 Å². The number of anilines is 1. The van der Waals surface area contributed by atoms with Gasteiger partial charge < -0.3 is 10.4 Å². The van der Waals surface area contributed by atoms with Gasteiger partial charge >= 0.3 is 5.97 Å². The fraction of sp³-hybridized carbons (Fsp3) is 0.273. The monoisotopic (exact) mass is 204 g/mol. The number of carbonyl (C=O) groups is 1. The number of hydrogen-bond donors (Lipinski definition) is 2. The summed E-state index contributed by atoms with van der Waals surface area (Å²) in [6.45, 7) is 2.44. The normalized spacial score (nSPS) is 8.87. The highest BCUT2D eigenvalue weighted by atomic mass is 16.4. The highest BCUT2D eigenvalue weighted by Crippen LogP contribution is 2.04. The van der Waals surface area contributed by atoms with Gasteiger partial charge in [0.25, 0.3) is 0 Å². The highest BCUT2D eigenvalue weighted by molar-refractivity contribution is 5.85. The van der Waals surface area contributed by atoms with Crippen LogP contribution in [0.15, 0.2) is 18.2 Å². The lowest BCUT2D eigenvalue weighted by molar-refractivity contribution is 0.0690. The van der Waals surface area contributed by atoms with Crippen molar-refractivity contribution in [2.75, 3.05) is 11.9 Å². The van der Waals surface area contributed by atoms with E-state index in [-0.39, 0.29) is 5.69 Å². The molecule has 1 aromatic rings. The van der Waals surface area contributed by atoms with Crippen molar-refractivity contribution in [2.24, 2.45) is 0 Å². The standard InChI is InChI=1S/C11H12N2O2/c1-2-3-4-8-12-10-7-5-6-9(13-10)11(14)15/h5-7H,4,8H2,1H3,(H,12,13)(H,14,15). The summed E-state index contributed by atoms with van der Waals surface area (Å²) in [6.07, 6.45) is 0.718. The van der Waals surface area contributed by atoms with Crippen LogP contribution in [0.4, 0.5) is 5.82 Å². The molecule has 0 unspecified atom stereocenters. The van der Waals surface area contributed by atoms with Gasteiger partial charge in [0.05, 0.1) is 0 Å². The van der Waals surface area contributed by atoms with Crippen LogP contribution in [0.2, 0.25) is 0 Å². The van der Waals surface area contributed by atoms with E-state index in [1.807, 2.05) is 0 Å². The van der Waals surface area contributed by atoms with Crippen LogP contribution in [0.3, 0.4) is 0 Å². The minimum absolute atomic E-state index is 0.0431. The topological polar surface area (TPSA) is 62.2 Å². The van der Waals surface area contributed by atoms with Gasteiger partial charge in [-0.1, -0.05) is 6.07 Å². The van der Waals surface area contributed by atoms with E-state index in [0.717, 1.165) is 6.42 Å². The third-order valence-corrected chi connectivity index (χ3v) is 1.70. The lowest BCUT2D eigenvalue weighted by Crippen LogP contribution is -2.06. The van der Waals surface area contributed by atoms with Crippen LogP contribution in [-0.4, -0.2) is 22.6 Å². The first-order valence-electron chi connectivity index (χ1n) is 4.58. The SMILES string of the molecule is CC#CCCNc1cccc(C(=O)O)n1. The number of hydrogen-bond acceptors (Lipinski definition) is 3. The Labute approximate surface area is 88.3 Å². The maximum atomic E-state index is 10.6. The van der Waals surface area contributed by atoms with Gasteiger partial charge in [-0.3, -0.25) is 0 Å². The van der Waals surface area contributed by atoms with Crippen LogP contribution in [0.1, 0.15) is 23.8 Å². The van der Waals surface area contributed by atoms with E-state index in [1.165, 1.54) is 6.07 Å². The number of nitrogens with zero attached hydrogens (tertiary/aromatic N) is 1. The van der Waals surface area contributed by atoms with Gasteiger partial charge in [-0.15, -0.1) is 11.8 Å². The van der Waals surface area contributed by atoms with E-state index >= 15 is 0 Å². The molecule has 0 saturated heterocycles. The minimum Gasteiger partial charge on any atom is -0.477 e. The van der Waals surface area contributed by atoms with Gasteiger partial charge in [0.2, 0.25) is 0 Å². The van der Waals surface area contributed by atoms with Crippen molar-refractivity contribution in [1.82, 2.24) is 4.98 Å². The average Bonchev–Trinajstić information content (AvgIpc) is 2.25. The molecule has 0 saturated carbocycles. The largest absolute Gasteiger partial charge is 0.477 e. The van der Waals surface area contributed by atoms with Crippen LogP contribution in [0, 0.1) is 11.8 Å². The second kappa shape index (κ2) is 5.66. The Hall–Kier alpha value is -2.02. The van der Waals surface area contributed by atoms with Crippen molar-refractivity contribution >= 4 is 11.8 Å². The summed E-state index contributed by atoms with van der Waals surface area (Å²) in [7, 11) is 0. The molecule has 0 aliphatic heterocycles. The molecule has 0 aliphatic rings. The Kier molecular flexibility index (Phi) is 4.17. The molecule has 1 rings (SSSR count). The molecule has 2 N–H and O–H groups in total. The third kappa shape index (κ3) is 3.69. The van der Waals surface area contributed by atoms with Crippen molar-refractivity contribution in [3.8, 4) is 11.8 Å². The zero-order valence-corrected chi connectivity index (χ0v) is 8.45. The van der Waals surface area contributed by atoms with Crippen molar-refractivity contribution in [1.29, 1.82) is 0 Å². The first-order chi connectivity index (χ1) is 7.24. The van der Waals surface area contributed by atoms with Crippen LogP contribution in [-0.2, 0) is 0 Å². The molecule has 1 aromatic heterocycles. The summed E-state index contributed by atoms with van der Waals surface area (Å²) in [5, 5.41) is 11.7. The molecule has 15 heavy (non-hydrogen) atoms. The maximum Gasteiger partial charge on any atom is 0.354 e. The Bertz CT molecular complexity index is 405. The van der Waals surface area contributed by atoms with Gasteiger partial charge in [0.15, 0.2) is 5.69 Å². The smallest absolute Gasteiger partial charge is 0.354 e. The van der Waals surface area contributed by atoms with E-state index in [4.69, 9.17) is 5.11 Å². The first-order valence-corrected chi connectivity index (χ1v) is 4.58. The number of carboxylic acids is 1. The molecule has 0 amide bonds. The molecule has 0 spiro atoms. The quantitative estimate of drug-likeness (QED) is 0.577. The molecular formula is C11H12N2O2. The number of rotatable bonds is 4. The molecule has 0 fully saturated rings. The van der Waals surface area contributed by atoms with Crippen molar-refractivity contribution in [2.45, 2.75) is 13.3 Å². The van der Waals surface area contributed by atoms with Gasteiger partial charge in [0, 0.05) is 13.0 Å². The van der Waals surface area contributed by atoms with E-state index in [2.05, 4.69) is 22.1 Å². The number of aromatic nitrogens is 1. The number of carboxylic acid groups (broad SMARTS) is 1. The van der Waals surface area contributed by atoms with Crippen LogP contribution in [0.5, 0.6) is 0 Å². The second-order valence-electron chi connectivity index (χ2n) is 2.82. The number of nitrogens with one attached hydrogen (secondary N) is 1. The molecule has 0 aliphatic carbocycles. The summed E-state index contributed by atoms with van der Waals surface area (Å²) in [6, 6.07) is 4.84. The Morgan fingerprint density at radius 3 is 3.07 bits per heavy atom. The Balaban J connectivity index is 2.56. The van der Waals surface area contributed by atoms with Gasteiger partial charge in [-0.25, -0.2) is 9.78 Å². The summed E-state index contributed by atoms with van der Waals surface area (Å²) >= 11 is 0. The molecule has 0 radical (unpaired) electrons. The molecular weight excluding hydrogens is 192 g/mol. The van der Waals surface area contributed by atoms with Crippen LogP contribution in [0.25, 0.3) is 0 Å². The fourth-order valence-electron chi connectivity index (χ4n) is 1.03. The molecule has 78 valence electrons. The molecule has 0 aromatic carbocycles. The van der Waals surface area contributed by atoms with Crippen molar-refractivity contribution in [3.63, 3.8) is 0 Å². The second-order valence-corrected chi connectivity index (χ2v) is 2.82. The first kappa shape index (κ1) is 11.1. The fourth-order valence-corrected chi connectivity index (χ4v) is 1.03. The predicted octanol–water partition coefficient (Wildman–Crippen LogP) is 1.61. The summed E-state index contributed by atoms with van der Waals surface area (Å²) < 4.78 is 0. The highest BCUT2D eigenvalue weighted by Gasteiger charge is 2.03. The predicted molar refractivity (Wildman–Crippen MR) is 57.8 cm³/mol.